The van der Waals surface area contributed by atoms with Crippen LogP contribution in [-0.2, 0) is 20.2 Å². The Labute approximate surface area is 169 Å². The van der Waals surface area contributed by atoms with Crippen molar-refractivity contribution in [2.45, 2.75) is 50.3 Å². The van der Waals surface area contributed by atoms with Gasteiger partial charge in [-0.3, -0.25) is 9.69 Å². The lowest BCUT2D eigenvalue weighted by atomic mass is 9.87. The van der Waals surface area contributed by atoms with E-state index in [1.165, 1.54) is 10.7 Å². The van der Waals surface area contributed by atoms with Gasteiger partial charge >= 0.3 is 0 Å². The fourth-order valence-electron chi connectivity index (χ4n) is 3.86. The number of amides is 1. The summed E-state index contributed by atoms with van der Waals surface area (Å²) >= 11 is 0. The molecule has 3 rings (SSSR count). The van der Waals surface area contributed by atoms with Crippen LogP contribution in [0.5, 0.6) is 0 Å². The molecule has 2 aliphatic rings. The summed E-state index contributed by atoms with van der Waals surface area (Å²) in [6.45, 7) is 10.4. The van der Waals surface area contributed by atoms with Crippen molar-refractivity contribution in [3.8, 4) is 0 Å². The van der Waals surface area contributed by atoms with Gasteiger partial charge in [0.25, 0.3) is 0 Å². The van der Waals surface area contributed by atoms with E-state index >= 15 is 0 Å². The largest absolute Gasteiger partial charge is 0.339 e. The number of hydrogen-bond donors (Lipinski definition) is 0. The Morgan fingerprint density at radius 2 is 1.46 bits per heavy atom. The number of carbonyl (C=O) groups excluding carboxylic acids is 1. The Morgan fingerprint density at radius 3 is 2.00 bits per heavy atom. The molecule has 0 atom stereocenters. The summed E-state index contributed by atoms with van der Waals surface area (Å²) in [7, 11) is -3.52. The maximum atomic E-state index is 13.0. The van der Waals surface area contributed by atoms with Crippen LogP contribution in [0.2, 0.25) is 0 Å². The SMILES string of the molecule is CC(C)(C)c1ccc(S(=O)(=O)N2CCN(C(=O)CN3CCCCC3)CC2)cc1. The van der Waals surface area contributed by atoms with Crippen molar-refractivity contribution < 1.29 is 13.2 Å². The van der Waals surface area contributed by atoms with E-state index in [1.54, 1.807) is 12.1 Å². The van der Waals surface area contributed by atoms with Gasteiger partial charge in [-0.25, -0.2) is 8.42 Å². The molecule has 0 N–H and O–H groups in total. The summed E-state index contributed by atoms with van der Waals surface area (Å²) in [6.07, 6.45) is 3.57. The van der Waals surface area contributed by atoms with Gasteiger partial charge in [0.2, 0.25) is 15.9 Å². The highest BCUT2D eigenvalue weighted by molar-refractivity contribution is 7.89. The zero-order valence-corrected chi connectivity index (χ0v) is 18.2. The number of piperidine rings is 1. The monoisotopic (exact) mass is 407 g/mol. The second-order valence-corrected chi connectivity index (χ2v) is 10.8. The third kappa shape index (κ3) is 4.93. The van der Waals surface area contributed by atoms with E-state index in [4.69, 9.17) is 0 Å². The number of carbonyl (C=O) groups is 1. The minimum absolute atomic E-state index is 0.0113. The van der Waals surface area contributed by atoms with E-state index in [0.29, 0.717) is 37.6 Å². The van der Waals surface area contributed by atoms with Crippen LogP contribution in [0.3, 0.4) is 0 Å². The van der Waals surface area contributed by atoms with E-state index < -0.39 is 10.0 Å². The Bertz CT molecular complexity index is 770. The molecule has 28 heavy (non-hydrogen) atoms. The average Bonchev–Trinajstić information content (AvgIpc) is 2.68. The van der Waals surface area contributed by atoms with Gasteiger partial charge in [0.1, 0.15) is 0 Å². The molecule has 2 aliphatic heterocycles. The highest BCUT2D eigenvalue weighted by Gasteiger charge is 2.31. The van der Waals surface area contributed by atoms with Gasteiger partial charge in [-0.2, -0.15) is 4.31 Å². The van der Waals surface area contributed by atoms with E-state index in [-0.39, 0.29) is 11.3 Å². The second kappa shape index (κ2) is 8.51. The quantitative estimate of drug-likeness (QED) is 0.768. The standard InChI is InChI=1S/C21H33N3O3S/c1-21(2,3)18-7-9-19(10-8-18)28(26,27)24-15-13-23(14-16-24)20(25)17-22-11-5-4-6-12-22/h7-10H,4-6,11-17H2,1-3H3. The molecule has 0 bridgehead atoms. The first kappa shape index (κ1) is 21.3. The van der Waals surface area contributed by atoms with Gasteiger partial charge in [0, 0.05) is 26.2 Å². The summed E-state index contributed by atoms with van der Waals surface area (Å²) in [5, 5.41) is 0. The van der Waals surface area contributed by atoms with Crippen molar-refractivity contribution in [3.05, 3.63) is 29.8 Å². The van der Waals surface area contributed by atoms with Crippen molar-refractivity contribution in [1.82, 2.24) is 14.1 Å². The molecule has 2 fully saturated rings. The molecule has 6 nitrogen and oxygen atoms in total. The molecule has 0 aromatic heterocycles. The maximum Gasteiger partial charge on any atom is 0.243 e. The second-order valence-electron chi connectivity index (χ2n) is 8.90. The normalized spacial score (nSPS) is 20.3. The highest BCUT2D eigenvalue weighted by atomic mass is 32.2. The molecular formula is C21H33N3O3S. The Morgan fingerprint density at radius 1 is 0.893 bits per heavy atom. The molecule has 0 saturated carbocycles. The predicted molar refractivity (Wildman–Crippen MR) is 111 cm³/mol. The number of hydrogen-bond acceptors (Lipinski definition) is 4. The minimum Gasteiger partial charge on any atom is -0.339 e. The van der Waals surface area contributed by atoms with Gasteiger partial charge in [-0.1, -0.05) is 39.3 Å². The van der Waals surface area contributed by atoms with Crippen LogP contribution in [-0.4, -0.2) is 74.2 Å². The molecule has 1 amide bonds. The molecule has 0 radical (unpaired) electrons. The minimum atomic E-state index is -3.52. The summed E-state index contributed by atoms with van der Waals surface area (Å²) in [4.78, 5) is 16.9. The number of rotatable bonds is 4. The topological polar surface area (TPSA) is 60.9 Å². The summed E-state index contributed by atoms with van der Waals surface area (Å²) in [6, 6.07) is 7.18. The third-order valence-corrected chi connectivity index (χ3v) is 7.67. The first-order valence-electron chi connectivity index (χ1n) is 10.3. The van der Waals surface area contributed by atoms with Crippen LogP contribution in [0.4, 0.5) is 0 Å². The molecule has 156 valence electrons. The van der Waals surface area contributed by atoms with E-state index in [9.17, 15) is 13.2 Å². The molecule has 2 saturated heterocycles. The van der Waals surface area contributed by atoms with Crippen molar-refractivity contribution in [2.24, 2.45) is 0 Å². The Hall–Kier alpha value is -1.44. The lowest BCUT2D eigenvalue weighted by molar-refractivity contribution is -0.133. The van der Waals surface area contributed by atoms with Crippen LogP contribution in [0, 0.1) is 0 Å². The van der Waals surface area contributed by atoms with E-state index in [2.05, 4.69) is 25.7 Å². The number of likely N-dealkylation sites (tertiary alicyclic amines) is 1. The van der Waals surface area contributed by atoms with Crippen molar-refractivity contribution in [2.75, 3.05) is 45.8 Å². The maximum absolute atomic E-state index is 13.0. The van der Waals surface area contributed by atoms with Gasteiger partial charge < -0.3 is 4.90 Å². The van der Waals surface area contributed by atoms with Crippen LogP contribution < -0.4 is 0 Å². The smallest absolute Gasteiger partial charge is 0.243 e. The zero-order chi connectivity index (χ0) is 20.4. The van der Waals surface area contributed by atoms with E-state index in [1.807, 2.05) is 17.0 Å². The van der Waals surface area contributed by atoms with Crippen LogP contribution >= 0.6 is 0 Å². The number of nitrogens with zero attached hydrogens (tertiary/aromatic N) is 3. The fourth-order valence-corrected chi connectivity index (χ4v) is 5.28. The predicted octanol–water partition coefficient (Wildman–Crippen LogP) is 2.30. The molecule has 7 heteroatoms. The van der Waals surface area contributed by atoms with E-state index in [0.717, 1.165) is 31.5 Å². The van der Waals surface area contributed by atoms with Gasteiger partial charge in [0.05, 0.1) is 11.4 Å². The summed E-state index contributed by atoms with van der Waals surface area (Å²) < 4.78 is 27.4. The molecule has 0 unspecified atom stereocenters. The van der Waals surface area contributed by atoms with Crippen molar-refractivity contribution >= 4 is 15.9 Å². The summed E-state index contributed by atoms with van der Waals surface area (Å²) in [5.41, 5.74) is 1.10. The molecule has 0 spiro atoms. The first-order valence-corrected chi connectivity index (χ1v) is 11.7. The number of piperazine rings is 1. The van der Waals surface area contributed by atoms with Gasteiger partial charge in [-0.05, 0) is 49.0 Å². The molecule has 0 aliphatic carbocycles. The van der Waals surface area contributed by atoms with Gasteiger partial charge in [-0.15, -0.1) is 0 Å². The third-order valence-electron chi connectivity index (χ3n) is 5.76. The highest BCUT2D eigenvalue weighted by Crippen LogP contribution is 2.25. The number of benzene rings is 1. The van der Waals surface area contributed by atoms with Crippen LogP contribution in [0.25, 0.3) is 0 Å². The molecule has 2 heterocycles. The van der Waals surface area contributed by atoms with Crippen LogP contribution in [0.15, 0.2) is 29.2 Å². The first-order chi connectivity index (χ1) is 13.2. The Kier molecular flexibility index (Phi) is 6.47. The van der Waals surface area contributed by atoms with Gasteiger partial charge in [0.15, 0.2) is 0 Å². The van der Waals surface area contributed by atoms with Crippen molar-refractivity contribution in [3.63, 3.8) is 0 Å². The Balaban J connectivity index is 1.58. The lowest BCUT2D eigenvalue weighted by Crippen LogP contribution is -2.52. The lowest BCUT2D eigenvalue weighted by Gasteiger charge is -2.35. The average molecular weight is 408 g/mol. The van der Waals surface area contributed by atoms with Crippen LogP contribution in [0.1, 0.15) is 45.6 Å². The zero-order valence-electron chi connectivity index (χ0n) is 17.4. The number of sulfonamides is 1. The molecule has 1 aromatic carbocycles. The summed E-state index contributed by atoms with van der Waals surface area (Å²) in [5.74, 6) is 0.119. The van der Waals surface area contributed by atoms with Crippen molar-refractivity contribution in [1.29, 1.82) is 0 Å². The fraction of sp³-hybridized carbons (Fsp3) is 0.667. The molecular weight excluding hydrogens is 374 g/mol. The molecule has 1 aromatic rings.